The Hall–Kier alpha value is -3.04. The summed E-state index contributed by atoms with van der Waals surface area (Å²) in [6.07, 6.45) is 5.57. The van der Waals surface area contributed by atoms with Gasteiger partial charge >= 0.3 is 0 Å². The van der Waals surface area contributed by atoms with E-state index >= 15 is 0 Å². The molecule has 0 bridgehead atoms. The number of anilines is 2. The predicted octanol–water partition coefficient (Wildman–Crippen LogP) is 2.03. The fourth-order valence-electron chi connectivity index (χ4n) is 3.27. The third kappa shape index (κ3) is 3.95. The summed E-state index contributed by atoms with van der Waals surface area (Å²) >= 11 is 0. The number of nitrogens with two attached hydrogens (primary N) is 1. The van der Waals surface area contributed by atoms with E-state index in [0.29, 0.717) is 30.8 Å². The summed E-state index contributed by atoms with van der Waals surface area (Å²) in [4.78, 5) is 24.9. The predicted molar refractivity (Wildman–Crippen MR) is 106 cm³/mol. The third-order valence-corrected chi connectivity index (χ3v) is 4.62. The first-order chi connectivity index (χ1) is 13.7. The zero-order chi connectivity index (χ0) is 19.3. The molecular weight excluding hydrogens is 358 g/mol. The van der Waals surface area contributed by atoms with Crippen LogP contribution in [0.25, 0.3) is 11.2 Å². The molecule has 146 valence electrons. The minimum atomic E-state index is -0.0928. The fraction of sp³-hybridized carbons (Fsp3) is 0.368. The van der Waals surface area contributed by atoms with Gasteiger partial charge in [-0.2, -0.15) is 0 Å². The normalized spacial score (nSPS) is 16.4. The maximum absolute atomic E-state index is 11.7. The molecule has 1 amide bonds. The first kappa shape index (κ1) is 18.3. The molecule has 4 rings (SSSR count). The van der Waals surface area contributed by atoms with Gasteiger partial charge in [-0.15, -0.1) is 0 Å². The Labute approximate surface area is 162 Å². The van der Waals surface area contributed by atoms with Crippen molar-refractivity contribution in [2.24, 2.45) is 5.73 Å². The van der Waals surface area contributed by atoms with E-state index in [1.807, 2.05) is 28.8 Å². The van der Waals surface area contributed by atoms with E-state index in [1.54, 1.807) is 6.33 Å². The molecule has 1 aromatic carbocycles. The van der Waals surface area contributed by atoms with Gasteiger partial charge in [-0.1, -0.05) is 12.1 Å². The molecule has 4 N–H and O–H groups in total. The van der Waals surface area contributed by atoms with Crippen LogP contribution in [-0.4, -0.2) is 38.6 Å². The number of aromatic nitrogens is 4. The summed E-state index contributed by atoms with van der Waals surface area (Å²) in [5.41, 5.74) is 8.64. The molecule has 1 atom stereocenters. The fourth-order valence-corrected chi connectivity index (χ4v) is 3.27. The highest BCUT2D eigenvalue weighted by Crippen LogP contribution is 2.27. The summed E-state index contributed by atoms with van der Waals surface area (Å²) < 4.78 is 7.70. The van der Waals surface area contributed by atoms with Crippen molar-refractivity contribution in [2.45, 2.75) is 32.0 Å². The highest BCUT2D eigenvalue weighted by Gasteiger charge is 2.21. The van der Waals surface area contributed by atoms with Gasteiger partial charge in [0.25, 0.3) is 0 Å². The minimum Gasteiger partial charge on any atom is -0.364 e. The molecule has 1 aliphatic rings. The molecule has 1 saturated heterocycles. The lowest BCUT2D eigenvalue weighted by atomic mass is 10.2. The largest absolute Gasteiger partial charge is 0.364 e. The molecule has 1 fully saturated rings. The number of carbonyl (C=O) groups excluding carboxylic acids is 1. The number of benzene rings is 1. The van der Waals surface area contributed by atoms with Crippen molar-refractivity contribution in [3.05, 3.63) is 42.5 Å². The molecular formula is C19H23N7O2. The van der Waals surface area contributed by atoms with E-state index in [-0.39, 0.29) is 12.1 Å². The van der Waals surface area contributed by atoms with Crippen LogP contribution in [0.15, 0.2) is 36.9 Å². The molecule has 0 saturated carbocycles. The van der Waals surface area contributed by atoms with Gasteiger partial charge in [-0.3, -0.25) is 9.36 Å². The van der Waals surface area contributed by atoms with E-state index in [4.69, 9.17) is 10.5 Å². The maximum atomic E-state index is 11.7. The van der Waals surface area contributed by atoms with Crippen LogP contribution < -0.4 is 16.4 Å². The zero-order valence-electron chi connectivity index (χ0n) is 15.5. The maximum Gasteiger partial charge on any atom is 0.225 e. The monoisotopic (exact) mass is 381 g/mol. The Balaban J connectivity index is 1.48. The van der Waals surface area contributed by atoms with E-state index < -0.39 is 0 Å². The third-order valence-electron chi connectivity index (χ3n) is 4.62. The van der Waals surface area contributed by atoms with Crippen LogP contribution >= 0.6 is 0 Å². The number of nitrogens with zero attached hydrogens (tertiary/aromatic N) is 4. The summed E-state index contributed by atoms with van der Waals surface area (Å²) in [6, 6.07) is 7.65. The van der Waals surface area contributed by atoms with Gasteiger partial charge in [0, 0.05) is 31.8 Å². The van der Waals surface area contributed by atoms with Gasteiger partial charge in [0.15, 0.2) is 17.0 Å². The van der Waals surface area contributed by atoms with Gasteiger partial charge < -0.3 is 21.1 Å². The number of nitrogens with one attached hydrogen (secondary N) is 2. The Morgan fingerprint density at radius 2 is 2.25 bits per heavy atom. The number of hydrogen-bond donors (Lipinski definition) is 3. The molecule has 9 nitrogen and oxygen atoms in total. The SMILES string of the molecule is NCCC(=O)Nc1cccc(CNc2ncnc3c2ncn3[C@H]2CCCO2)c1. The van der Waals surface area contributed by atoms with Crippen molar-refractivity contribution in [3.8, 4) is 0 Å². The number of carbonyl (C=O) groups is 1. The van der Waals surface area contributed by atoms with Crippen LogP contribution in [0.3, 0.4) is 0 Å². The second-order valence-corrected chi connectivity index (χ2v) is 6.65. The van der Waals surface area contributed by atoms with Gasteiger partial charge in [-0.25, -0.2) is 15.0 Å². The Morgan fingerprint density at radius 3 is 3.07 bits per heavy atom. The van der Waals surface area contributed by atoms with Crippen LogP contribution in [0.5, 0.6) is 0 Å². The van der Waals surface area contributed by atoms with Crippen LogP contribution in [0, 0.1) is 0 Å². The molecule has 0 spiro atoms. The van der Waals surface area contributed by atoms with Crippen molar-refractivity contribution >= 4 is 28.6 Å². The summed E-state index contributed by atoms with van der Waals surface area (Å²) in [5, 5.41) is 6.16. The second kappa shape index (κ2) is 8.32. The van der Waals surface area contributed by atoms with Gasteiger partial charge in [-0.05, 0) is 30.5 Å². The lowest BCUT2D eigenvalue weighted by molar-refractivity contribution is -0.116. The average Bonchev–Trinajstić information content (AvgIpc) is 3.36. The van der Waals surface area contributed by atoms with Crippen molar-refractivity contribution in [1.82, 2.24) is 19.5 Å². The highest BCUT2D eigenvalue weighted by atomic mass is 16.5. The van der Waals surface area contributed by atoms with Crippen molar-refractivity contribution < 1.29 is 9.53 Å². The zero-order valence-corrected chi connectivity index (χ0v) is 15.5. The second-order valence-electron chi connectivity index (χ2n) is 6.65. The Kier molecular flexibility index (Phi) is 5.45. The van der Waals surface area contributed by atoms with Crippen molar-refractivity contribution in [2.75, 3.05) is 23.8 Å². The number of rotatable bonds is 7. The van der Waals surface area contributed by atoms with Crippen LogP contribution in [-0.2, 0) is 16.1 Å². The molecule has 28 heavy (non-hydrogen) atoms. The quantitative estimate of drug-likeness (QED) is 0.573. The summed E-state index contributed by atoms with van der Waals surface area (Å²) in [5.74, 6) is 0.573. The van der Waals surface area contributed by atoms with Crippen LogP contribution in [0.1, 0.15) is 31.1 Å². The van der Waals surface area contributed by atoms with Crippen molar-refractivity contribution in [1.29, 1.82) is 0 Å². The minimum absolute atomic E-state index is 0.0124. The number of ether oxygens (including phenoxy) is 1. The van der Waals surface area contributed by atoms with Crippen molar-refractivity contribution in [3.63, 3.8) is 0 Å². The molecule has 3 aromatic rings. The molecule has 0 aliphatic carbocycles. The smallest absolute Gasteiger partial charge is 0.225 e. The topological polar surface area (TPSA) is 120 Å². The summed E-state index contributed by atoms with van der Waals surface area (Å²) in [6.45, 7) is 1.63. The molecule has 3 heterocycles. The van der Waals surface area contributed by atoms with E-state index in [9.17, 15) is 4.79 Å². The number of amides is 1. The average molecular weight is 381 g/mol. The van der Waals surface area contributed by atoms with E-state index in [2.05, 4.69) is 25.6 Å². The molecule has 9 heteroatoms. The highest BCUT2D eigenvalue weighted by molar-refractivity contribution is 5.90. The van der Waals surface area contributed by atoms with Crippen LogP contribution in [0.2, 0.25) is 0 Å². The molecule has 0 unspecified atom stereocenters. The molecule has 1 aliphatic heterocycles. The number of imidazole rings is 1. The van der Waals surface area contributed by atoms with Gasteiger partial charge in [0.2, 0.25) is 5.91 Å². The lowest BCUT2D eigenvalue weighted by Crippen LogP contribution is -2.16. The lowest BCUT2D eigenvalue weighted by Gasteiger charge is -2.12. The van der Waals surface area contributed by atoms with E-state index in [1.165, 1.54) is 6.33 Å². The number of hydrogen-bond acceptors (Lipinski definition) is 7. The first-order valence-corrected chi connectivity index (χ1v) is 9.36. The molecule has 2 aromatic heterocycles. The summed E-state index contributed by atoms with van der Waals surface area (Å²) in [7, 11) is 0. The van der Waals surface area contributed by atoms with E-state index in [0.717, 1.165) is 36.3 Å². The first-order valence-electron chi connectivity index (χ1n) is 9.36. The standard InChI is InChI=1S/C19H23N7O2/c20-7-6-15(27)25-14-4-1-3-13(9-14)10-21-18-17-19(23-11-22-18)26(12-24-17)16-5-2-8-28-16/h1,3-4,9,11-12,16H,2,5-8,10,20H2,(H,25,27)(H,21,22,23)/t16-/m1/s1. The Bertz CT molecular complexity index is 966. The molecule has 0 radical (unpaired) electrons. The number of fused-ring (bicyclic) bond motifs is 1. The van der Waals surface area contributed by atoms with Crippen LogP contribution in [0.4, 0.5) is 11.5 Å². The van der Waals surface area contributed by atoms with Gasteiger partial charge in [0.05, 0.1) is 6.33 Å². The van der Waals surface area contributed by atoms with Gasteiger partial charge in [0.1, 0.15) is 12.6 Å². The Morgan fingerprint density at radius 1 is 1.32 bits per heavy atom.